The average molecular weight is 353 g/mol. The fourth-order valence-electron chi connectivity index (χ4n) is 2.27. The highest BCUT2D eigenvalue weighted by atomic mass is 16.6. The standard InChI is InChI=1S/C17H31N5O3/c1-7-21(8-2)15-18-16(22(9-3)10-4)20-17(19-15)25-12-11-24-14(23)13(5)6/h15H,5,7-12H2,1-4,6H3,(H,18,19,20). The molecule has 0 aromatic carbocycles. The smallest absolute Gasteiger partial charge is 0.333 e. The minimum Gasteiger partial charge on any atom is -0.461 e. The number of carbonyl (C=O) groups excluding carboxylic acids is 1. The van der Waals surface area contributed by atoms with E-state index in [0.29, 0.717) is 11.6 Å². The minimum atomic E-state index is -0.423. The van der Waals surface area contributed by atoms with Gasteiger partial charge >= 0.3 is 5.97 Å². The Morgan fingerprint density at radius 1 is 1.12 bits per heavy atom. The Bertz CT molecular complexity index is 510. The predicted molar refractivity (Wildman–Crippen MR) is 99.4 cm³/mol. The summed E-state index contributed by atoms with van der Waals surface area (Å²) in [4.78, 5) is 24.8. The molecule has 142 valence electrons. The number of amidine groups is 1. The molecule has 0 aromatic heterocycles. The van der Waals surface area contributed by atoms with Gasteiger partial charge in [0.2, 0.25) is 12.2 Å². The van der Waals surface area contributed by atoms with E-state index in [-0.39, 0.29) is 19.5 Å². The van der Waals surface area contributed by atoms with Gasteiger partial charge in [0.1, 0.15) is 13.2 Å². The van der Waals surface area contributed by atoms with Crippen molar-refractivity contribution < 1.29 is 14.3 Å². The molecule has 0 aliphatic carbocycles. The van der Waals surface area contributed by atoms with Crippen molar-refractivity contribution in [3.63, 3.8) is 0 Å². The van der Waals surface area contributed by atoms with Crippen molar-refractivity contribution in [3.05, 3.63) is 12.2 Å². The number of nitrogens with zero attached hydrogens (tertiary/aromatic N) is 4. The first-order chi connectivity index (χ1) is 12.0. The van der Waals surface area contributed by atoms with Crippen LogP contribution in [0, 0.1) is 0 Å². The summed E-state index contributed by atoms with van der Waals surface area (Å²) in [6.07, 6.45) is -0.320. The van der Waals surface area contributed by atoms with Gasteiger partial charge in [0.15, 0.2) is 0 Å². The Balaban J connectivity index is 2.73. The molecule has 1 N–H and O–H groups in total. The lowest BCUT2D eigenvalue weighted by molar-refractivity contribution is -0.139. The summed E-state index contributed by atoms with van der Waals surface area (Å²) in [7, 11) is 0. The SMILES string of the molecule is C=C(C)C(=O)OCCOC1=NC(N(CC)CC)N=C(N(CC)CC)N1. The van der Waals surface area contributed by atoms with Crippen molar-refractivity contribution in [1.29, 1.82) is 0 Å². The first kappa shape index (κ1) is 21.0. The first-order valence-electron chi connectivity index (χ1n) is 8.83. The summed E-state index contributed by atoms with van der Waals surface area (Å²) in [5, 5.41) is 3.12. The van der Waals surface area contributed by atoms with Gasteiger partial charge < -0.3 is 14.4 Å². The van der Waals surface area contributed by atoms with Crippen molar-refractivity contribution >= 4 is 18.0 Å². The Labute approximate surface area is 150 Å². The zero-order valence-corrected chi connectivity index (χ0v) is 16.0. The van der Waals surface area contributed by atoms with Crippen LogP contribution in [0.4, 0.5) is 0 Å². The normalized spacial score (nSPS) is 16.6. The summed E-state index contributed by atoms with van der Waals surface area (Å²) < 4.78 is 10.7. The van der Waals surface area contributed by atoms with Crippen molar-refractivity contribution in [1.82, 2.24) is 15.1 Å². The van der Waals surface area contributed by atoms with Crippen molar-refractivity contribution in [3.8, 4) is 0 Å². The molecule has 0 radical (unpaired) electrons. The number of esters is 1. The first-order valence-corrected chi connectivity index (χ1v) is 8.83. The summed E-state index contributed by atoms with van der Waals surface area (Å²) in [6.45, 7) is 17.1. The van der Waals surface area contributed by atoms with E-state index < -0.39 is 5.97 Å². The molecule has 8 heteroatoms. The second-order valence-corrected chi connectivity index (χ2v) is 5.52. The van der Waals surface area contributed by atoms with Crippen LogP contribution >= 0.6 is 0 Å². The predicted octanol–water partition coefficient (Wildman–Crippen LogP) is 1.40. The number of rotatable bonds is 9. The van der Waals surface area contributed by atoms with E-state index in [2.05, 4.69) is 59.4 Å². The Morgan fingerprint density at radius 2 is 1.76 bits per heavy atom. The number of carbonyl (C=O) groups is 1. The van der Waals surface area contributed by atoms with Crippen LogP contribution in [0.15, 0.2) is 22.1 Å². The molecule has 1 aliphatic heterocycles. The number of guanidine groups is 1. The monoisotopic (exact) mass is 353 g/mol. The van der Waals surface area contributed by atoms with E-state index >= 15 is 0 Å². The summed E-state index contributed by atoms with van der Waals surface area (Å²) in [5.74, 6) is 0.319. The van der Waals surface area contributed by atoms with Crippen molar-refractivity contribution in [2.45, 2.75) is 40.9 Å². The van der Waals surface area contributed by atoms with E-state index in [1.165, 1.54) is 0 Å². The third kappa shape index (κ3) is 6.38. The molecule has 0 spiro atoms. The molecule has 8 nitrogen and oxygen atoms in total. The van der Waals surface area contributed by atoms with Crippen LogP contribution in [0.1, 0.15) is 34.6 Å². The molecule has 0 fully saturated rings. The lowest BCUT2D eigenvalue weighted by Crippen LogP contribution is -2.50. The van der Waals surface area contributed by atoms with Gasteiger partial charge in [-0.2, -0.15) is 4.99 Å². The zero-order chi connectivity index (χ0) is 18.8. The van der Waals surface area contributed by atoms with Gasteiger partial charge in [0.25, 0.3) is 6.02 Å². The Morgan fingerprint density at radius 3 is 2.28 bits per heavy atom. The van der Waals surface area contributed by atoms with E-state index in [1.807, 2.05) is 0 Å². The number of hydrogen-bond acceptors (Lipinski definition) is 8. The van der Waals surface area contributed by atoms with Gasteiger partial charge in [-0.3, -0.25) is 10.2 Å². The van der Waals surface area contributed by atoms with E-state index in [4.69, 9.17) is 9.47 Å². The number of ether oxygens (including phenoxy) is 2. The third-order valence-electron chi connectivity index (χ3n) is 3.79. The quantitative estimate of drug-likeness (QED) is 0.384. The number of hydrogen-bond donors (Lipinski definition) is 1. The van der Waals surface area contributed by atoms with Gasteiger partial charge in [0.05, 0.1) is 0 Å². The molecule has 1 rings (SSSR count). The highest BCUT2D eigenvalue weighted by Crippen LogP contribution is 2.09. The van der Waals surface area contributed by atoms with Gasteiger partial charge in [0, 0.05) is 18.7 Å². The number of nitrogens with one attached hydrogen (secondary N) is 1. The Hall–Kier alpha value is -2.09. The van der Waals surface area contributed by atoms with Crippen LogP contribution in [0.3, 0.4) is 0 Å². The van der Waals surface area contributed by atoms with E-state index in [1.54, 1.807) is 6.92 Å². The molecule has 0 saturated carbocycles. The van der Waals surface area contributed by atoms with E-state index in [0.717, 1.165) is 32.1 Å². The fraction of sp³-hybridized carbons (Fsp3) is 0.706. The summed E-state index contributed by atoms with van der Waals surface area (Å²) in [6, 6.07) is 0.389. The number of aliphatic imine (C=N–C) groups is 2. The van der Waals surface area contributed by atoms with Crippen LogP contribution in [-0.4, -0.2) is 73.4 Å². The van der Waals surface area contributed by atoms with Crippen LogP contribution in [0.25, 0.3) is 0 Å². The molecule has 0 bridgehead atoms. The molecule has 0 aromatic rings. The minimum absolute atomic E-state index is 0.139. The van der Waals surface area contributed by atoms with Crippen LogP contribution < -0.4 is 5.32 Å². The molecular formula is C17H31N5O3. The largest absolute Gasteiger partial charge is 0.461 e. The van der Waals surface area contributed by atoms with Crippen LogP contribution in [0.2, 0.25) is 0 Å². The molecule has 1 aliphatic rings. The zero-order valence-electron chi connectivity index (χ0n) is 16.0. The van der Waals surface area contributed by atoms with Crippen molar-refractivity contribution in [2.24, 2.45) is 9.98 Å². The molecular weight excluding hydrogens is 322 g/mol. The van der Waals surface area contributed by atoms with Crippen LogP contribution in [-0.2, 0) is 14.3 Å². The average Bonchev–Trinajstić information content (AvgIpc) is 2.60. The highest BCUT2D eigenvalue weighted by molar-refractivity contribution is 5.97. The molecule has 25 heavy (non-hydrogen) atoms. The third-order valence-corrected chi connectivity index (χ3v) is 3.79. The van der Waals surface area contributed by atoms with Gasteiger partial charge in [-0.05, 0) is 33.9 Å². The highest BCUT2D eigenvalue weighted by Gasteiger charge is 2.24. The van der Waals surface area contributed by atoms with Gasteiger partial charge in [-0.25, -0.2) is 9.79 Å². The summed E-state index contributed by atoms with van der Waals surface area (Å²) >= 11 is 0. The van der Waals surface area contributed by atoms with Crippen molar-refractivity contribution in [2.75, 3.05) is 39.4 Å². The van der Waals surface area contributed by atoms with Crippen LogP contribution in [0.5, 0.6) is 0 Å². The maximum atomic E-state index is 11.4. The molecule has 1 heterocycles. The van der Waals surface area contributed by atoms with Gasteiger partial charge in [-0.1, -0.05) is 20.4 Å². The molecule has 1 atom stereocenters. The maximum Gasteiger partial charge on any atom is 0.333 e. The Kier molecular flexibility index (Phi) is 8.98. The lowest BCUT2D eigenvalue weighted by atomic mass is 10.4. The molecule has 0 saturated heterocycles. The fourth-order valence-corrected chi connectivity index (χ4v) is 2.27. The summed E-state index contributed by atoms with van der Waals surface area (Å²) in [5.41, 5.74) is 0.366. The second-order valence-electron chi connectivity index (χ2n) is 5.52. The lowest BCUT2D eigenvalue weighted by Gasteiger charge is -2.32. The van der Waals surface area contributed by atoms with E-state index in [9.17, 15) is 4.79 Å². The molecule has 0 amide bonds. The van der Waals surface area contributed by atoms with Gasteiger partial charge in [-0.15, -0.1) is 0 Å². The topological polar surface area (TPSA) is 78.8 Å². The molecule has 1 unspecified atom stereocenters. The second kappa shape index (κ2) is 10.7. The maximum absolute atomic E-state index is 11.4.